The monoisotopic (exact) mass is 276 g/mol. The summed E-state index contributed by atoms with van der Waals surface area (Å²) in [7, 11) is 1.76. The van der Waals surface area contributed by atoms with E-state index >= 15 is 0 Å². The van der Waals surface area contributed by atoms with Crippen molar-refractivity contribution < 1.29 is 9.47 Å². The van der Waals surface area contributed by atoms with Crippen molar-refractivity contribution in [1.29, 1.82) is 0 Å². The molecule has 0 saturated heterocycles. The van der Waals surface area contributed by atoms with Gasteiger partial charge in [-0.1, -0.05) is 0 Å². The van der Waals surface area contributed by atoms with Gasteiger partial charge >= 0.3 is 0 Å². The number of hydrogen-bond acceptors (Lipinski definition) is 4. The lowest BCUT2D eigenvalue weighted by molar-refractivity contribution is 0.186. The highest BCUT2D eigenvalue weighted by Gasteiger charge is 2.24. The Bertz CT molecular complexity index is 476. The molecule has 4 heteroatoms. The maximum atomic E-state index is 6.05. The van der Waals surface area contributed by atoms with Crippen LogP contribution < -0.4 is 15.0 Å². The van der Waals surface area contributed by atoms with Crippen LogP contribution in [0.4, 0.5) is 5.69 Å². The van der Waals surface area contributed by atoms with E-state index in [4.69, 9.17) is 9.47 Å². The largest absolute Gasteiger partial charge is 0.487 e. The summed E-state index contributed by atoms with van der Waals surface area (Å²) in [5, 5.41) is 3.46. The molecule has 1 N–H and O–H groups in total. The zero-order valence-electron chi connectivity index (χ0n) is 12.4. The summed E-state index contributed by atoms with van der Waals surface area (Å²) in [6.45, 7) is 6.89. The van der Waals surface area contributed by atoms with Gasteiger partial charge in [0, 0.05) is 13.7 Å². The molecule has 110 valence electrons. The van der Waals surface area contributed by atoms with E-state index in [0.29, 0.717) is 0 Å². The van der Waals surface area contributed by atoms with Gasteiger partial charge in [-0.05, 0) is 56.1 Å². The number of ether oxygens (including phenoxy) is 2. The second-order valence-corrected chi connectivity index (χ2v) is 5.71. The number of methoxy groups -OCH3 is 1. The maximum Gasteiger partial charge on any atom is 0.143 e. The van der Waals surface area contributed by atoms with Gasteiger partial charge in [-0.15, -0.1) is 0 Å². The van der Waals surface area contributed by atoms with E-state index < -0.39 is 0 Å². The van der Waals surface area contributed by atoms with Crippen molar-refractivity contribution in [2.75, 3.05) is 44.8 Å². The van der Waals surface area contributed by atoms with Gasteiger partial charge in [-0.3, -0.25) is 0 Å². The Kier molecular flexibility index (Phi) is 4.13. The predicted molar refractivity (Wildman–Crippen MR) is 80.9 cm³/mol. The number of fused-ring (bicyclic) bond motifs is 2. The Hall–Kier alpha value is -1.26. The molecule has 0 aliphatic carbocycles. The molecule has 2 aliphatic heterocycles. The zero-order valence-corrected chi connectivity index (χ0v) is 12.4. The molecule has 0 saturated carbocycles. The smallest absolute Gasteiger partial charge is 0.143 e. The third-order valence-electron chi connectivity index (χ3n) is 4.14. The first-order chi connectivity index (χ1) is 9.78. The van der Waals surface area contributed by atoms with E-state index in [1.54, 1.807) is 7.11 Å². The van der Waals surface area contributed by atoms with E-state index in [2.05, 4.69) is 29.3 Å². The van der Waals surface area contributed by atoms with Crippen LogP contribution in [-0.2, 0) is 17.6 Å². The first-order valence-corrected chi connectivity index (χ1v) is 7.55. The van der Waals surface area contributed by atoms with Gasteiger partial charge in [0.1, 0.15) is 11.9 Å². The van der Waals surface area contributed by atoms with Crippen LogP contribution in [0.3, 0.4) is 0 Å². The molecule has 2 heterocycles. The molecule has 4 nitrogen and oxygen atoms in total. The zero-order chi connectivity index (χ0) is 13.9. The Morgan fingerprint density at radius 1 is 1.30 bits per heavy atom. The minimum Gasteiger partial charge on any atom is -0.487 e. The highest BCUT2D eigenvalue weighted by Crippen LogP contribution is 2.36. The highest BCUT2D eigenvalue weighted by molar-refractivity contribution is 5.64. The average molecular weight is 276 g/mol. The highest BCUT2D eigenvalue weighted by atomic mass is 16.5. The summed E-state index contributed by atoms with van der Waals surface area (Å²) in [4.78, 5) is 2.39. The molecule has 0 aromatic heterocycles. The van der Waals surface area contributed by atoms with Gasteiger partial charge < -0.3 is 19.7 Å². The van der Waals surface area contributed by atoms with Crippen molar-refractivity contribution in [1.82, 2.24) is 5.32 Å². The number of nitrogens with one attached hydrogen (secondary N) is 1. The van der Waals surface area contributed by atoms with Crippen molar-refractivity contribution in [2.45, 2.75) is 25.9 Å². The van der Waals surface area contributed by atoms with Gasteiger partial charge in [0.25, 0.3) is 0 Å². The first kappa shape index (κ1) is 13.7. The molecule has 0 radical (unpaired) electrons. The van der Waals surface area contributed by atoms with Gasteiger partial charge in [-0.2, -0.15) is 0 Å². The average Bonchev–Trinajstić information content (AvgIpc) is 2.67. The van der Waals surface area contributed by atoms with Crippen molar-refractivity contribution in [3.8, 4) is 5.75 Å². The summed E-state index contributed by atoms with van der Waals surface area (Å²) in [5.41, 5.74) is 4.14. The molecule has 1 atom stereocenters. The number of anilines is 1. The minimum absolute atomic E-state index is 0.237. The summed E-state index contributed by atoms with van der Waals surface area (Å²) in [6, 6.07) is 4.59. The topological polar surface area (TPSA) is 33.7 Å². The molecule has 1 unspecified atom stereocenters. The van der Waals surface area contributed by atoms with Gasteiger partial charge in [0.15, 0.2) is 0 Å². The lowest BCUT2D eigenvalue weighted by atomic mass is 10.00. The van der Waals surface area contributed by atoms with Crippen molar-refractivity contribution >= 4 is 5.69 Å². The number of hydrogen-bond donors (Lipinski definition) is 1. The van der Waals surface area contributed by atoms with Gasteiger partial charge in [0.2, 0.25) is 0 Å². The van der Waals surface area contributed by atoms with Crippen LogP contribution in [0.1, 0.15) is 18.1 Å². The number of rotatable bonds is 3. The second kappa shape index (κ2) is 6.02. The first-order valence-electron chi connectivity index (χ1n) is 7.55. The lowest BCUT2D eigenvalue weighted by Gasteiger charge is -2.35. The molecule has 20 heavy (non-hydrogen) atoms. The molecular weight excluding hydrogens is 252 g/mol. The normalized spacial score (nSPS) is 21.7. The van der Waals surface area contributed by atoms with Crippen LogP contribution in [0.5, 0.6) is 5.75 Å². The van der Waals surface area contributed by atoms with E-state index in [1.165, 1.54) is 16.8 Å². The molecule has 0 bridgehead atoms. The summed E-state index contributed by atoms with van der Waals surface area (Å²) >= 11 is 0. The molecular formula is C16H24N2O2. The Balaban J connectivity index is 1.93. The molecule has 1 aromatic rings. The van der Waals surface area contributed by atoms with E-state index in [-0.39, 0.29) is 6.10 Å². The standard InChI is InChI=1S/C16H24N2O2/c1-12-11-18(7-8-19-2)15-9-13-3-5-17-6-4-14(13)10-16(15)20-12/h9-10,12,17H,3-8,11H2,1-2H3. The van der Waals surface area contributed by atoms with Crippen LogP contribution in [0.2, 0.25) is 0 Å². The fourth-order valence-electron chi connectivity index (χ4n) is 3.11. The van der Waals surface area contributed by atoms with E-state index in [1.807, 2.05) is 0 Å². The van der Waals surface area contributed by atoms with E-state index in [0.717, 1.165) is 51.4 Å². The number of nitrogens with zero attached hydrogens (tertiary/aromatic N) is 1. The van der Waals surface area contributed by atoms with Crippen LogP contribution >= 0.6 is 0 Å². The quantitative estimate of drug-likeness (QED) is 0.909. The van der Waals surface area contributed by atoms with Crippen LogP contribution in [0.25, 0.3) is 0 Å². The molecule has 3 rings (SSSR count). The summed E-state index contributed by atoms with van der Waals surface area (Å²) in [5.74, 6) is 1.04. The second-order valence-electron chi connectivity index (χ2n) is 5.71. The molecule has 2 aliphatic rings. The third kappa shape index (κ3) is 2.76. The van der Waals surface area contributed by atoms with Gasteiger partial charge in [0.05, 0.1) is 18.8 Å². The van der Waals surface area contributed by atoms with Crippen LogP contribution in [0.15, 0.2) is 12.1 Å². The minimum atomic E-state index is 0.237. The lowest BCUT2D eigenvalue weighted by Crippen LogP contribution is -2.40. The molecule has 1 aromatic carbocycles. The van der Waals surface area contributed by atoms with Crippen molar-refractivity contribution in [2.24, 2.45) is 0 Å². The van der Waals surface area contributed by atoms with Crippen molar-refractivity contribution in [3.05, 3.63) is 23.3 Å². The Morgan fingerprint density at radius 3 is 2.80 bits per heavy atom. The third-order valence-corrected chi connectivity index (χ3v) is 4.14. The van der Waals surface area contributed by atoms with Crippen molar-refractivity contribution in [3.63, 3.8) is 0 Å². The van der Waals surface area contributed by atoms with Crippen LogP contribution in [-0.4, -0.2) is 46.0 Å². The Labute approximate surface area is 121 Å². The van der Waals surface area contributed by atoms with Crippen LogP contribution in [0, 0.1) is 0 Å². The predicted octanol–water partition coefficient (Wildman–Crippen LogP) is 1.61. The van der Waals surface area contributed by atoms with E-state index in [9.17, 15) is 0 Å². The SMILES string of the molecule is COCCN1CC(C)Oc2cc3c(cc21)CCNCC3. The van der Waals surface area contributed by atoms with Gasteiger partial charge in [-0.25, -0.2) is 0 Å². The maximum absolute atomic E-state index is 6.05. The molecule has 0 fully saturated rings. The number of benzene rings is 1. The summed E-state index contributed by atoms with van der Waals surface area (Å²) in [6.07, 6.45) is 2.44. The Morgan fingerprint density at radius 2 is 2.05 bits per heavy atom. The molecule has 0 spiro atoms. The molecule has 0 amide bonds. The fraction of sp³-hybridized carbons (Fsp3) is 0.625. The fourth-order valence-corrected chi connectivity index (χ4v) is 3.11. The summed E-state index contributed by atoms with van der Waals surface area (Å²) < 4.78 is 11.3.